The minimum absolute atomic E-state index is 0.0121. The van der Waals surface area contributed by atoms with Gasteiger partial charge >= 0.3 is 0 Å². The predicted octanol–water partition coefficient (Wildman–Crippen LogP) is 2.59. The van der Waals surface area contributed by atoms with Crippen molar-refractivity contribution in [2.24, 2.45) is 0 Å². The van der Waals surface area contributed by atoms with E-state index in [1.54, 1.807) is 16.7 Å². The second-order valence-electron chi connectivity index (χ2n) is 5.52. The molecule has 1 aliphatic heterocycles. The van der Waals surface area contributed by atoms with Gasteiger partial charge < -0.3 is 10.2 Å². The molecule has 0 radical (unpaired) electrons. The molecule has 0 saturated heterocycles. The molecule has 1 heterocycles. The average Bonchev–Trinajstić information content (AvgIpc) is 2.47. The van der Waals surface area contributed by atoms with Crippen molar-refractivity contribution in [3.63, 3.8) is 0 Å². The Balaban J connectivity index is 1.89. The lowest BCUT2D eigenvalue weighted by Crippen LogP contribution is -2.47. The number of rotatable bonds is 5. The lowest BCUT2D eigenvalue weighted by molar-refractivity contribution is -0.122. The van der Waals surface area contributed by atoms with Gasteiger partial charge in [0.2, 0.25) is 12.3 Å². The van der Waals surface area contributed by atoms with Crippen molar-refractivity contribution in [1.82, 2.24) is 10.2 Å². The third-order valence-electron chi connectivity index (χ3n) is 3.52. The number of amides is 2. The van der Waals surface area contributed by atoms with Gasteiger partial charge in [0.1, 0.15) is 5.37 Å². The maximum Gasteiger partial charge on any atom is 0.224 e. The van der Waals surface area contributed by atoms with E-state index in [-0.39, 0.29) is 17.3 Å². The van der Waals surface area contributed by atoms with E-state index in [2.05, 4.69) is 17.5 Å². The number of hydrogen-bond acceptors (Lipinski definition) is 3. The van der Waals surface area contributed by atoms with E-state index in [4.69, 9.17) is 0 Å². The number of carbonyl (C=O) groups excluding carboxylic acids is 2. The molecule has 2 rings (SSSR count). The summed E-state index contributed by atoms with van der Waals surface area (Å²) in [6.45, 7) is 3.95. The van der Waals surface area contributed by atoms with E-state index in [9.17, 15) is 9.59 Å². The molecular weight excluding hydrogens is 284 g/mol. The van der Waals surface area contributed by atoms with E-state index in [0.29, 0.717) is 6.42 Å². The molecule has 0 unspecified atom stereocenters. The number of allylic oxidation sites excluding steroid dienone is 3. The zero-order chi connectivity index (χ0) is 15.2. The molecule has 2 amide bonds. The SMILES string of the molecule is CC1=CN(C=O)[C@@H]([C@@H](C)NC(=O)CC2=CCCC=C2)SC1. The first-order valence-electron chi connectivity index (χ1n) is 7.26. The van der Waals surface area contributed by atoms with Gasteiger partial charge in [-0.1, -0.05) is 18.2 Å². The maximum absolute atomic E-state index is 12.1. The Bertz CT molecular complexity index is 497. The summed E-state index contributed by atoms with van der Waals surface area (Å²) in [5.41, 5.74) is 2.24. The van der Waals surface area contributed by atoms with Crippen LogP contribution in [0.3, 0.4) is 0 Å². The highest BCUT2D eigenvalue weighted by Crippen LogP contribution is 2.26. The molecule has 0 saturated carbocycles. The van der Waals surface area contributed by atoms with Gasteiger partial charge in [-0.05, 0) is 37.8 Å². The van der Waals surface area contributed by atoms with Crippen LogP contribution in [0.4, 0.5) is 0 Å². The highest BCUT2D eigenvalue weighted by atomic mass is 32.2. The number of nitrogens with one attached hydrogen (secondary N) is 1. The molecule has 0 aromatic heterocycles. The van der Waals surface area contributed by atoms with Crippen LogP contribution in [0.5, 0.6) is 0 Å². The zero-order valence-corrected chi connectivity index (χ0v) is 13.4. The number of thioether (sulfide) groups is 1. The molecule has 2 aliphatic rings. The predicted molar refractivity (Wildman–Crippen MR) is 86.6 cm³/mol. The van der Waals surface area contributed by atoms with Gasteiger partial charge in [-0.25, -0.2) is 0 Å². The summed E-state index contributed by atoms with van der Waals surface area (Å²) < 4.78 is 0. The number of nitrogens with zero attached hydrogens (tertiary/aromatic N) is 1. The lowest BCUT2D eigenvalue weighted by atomic mass is 10.0. The Labute approximate surface area is 130 Å². The van der Waals surface area contributed by atoms with Crippen molar-refractivity contribution < 1.29 is 9.59 Å². The van der Waals surface area contributed by atoms with Crippen LogP contribution >= 0.6 is 11.8 Å². The molecular formula is C16H22N2O2S. The summed E-state index contributed by atoms with van der Waals surface area (Å²) in [5, 5.41) is 2.98. The van der Waals surface area contributed by atoms with Crippen LogP contribution in [0.15, 0.2) is 35.6 Å². The third-order valence-corrected chi connectivity index (χ3v) is 5.13. The van der Waals surface area contributed by atoms with Crippen molar-refractivity contribution in [2.75, 3.05) is 5.75 Å². The van der Waals surface area contributed by atoms with Crippen LogP contribution in [-0.2, 0) is 9.59 Å². The average molecular weight is 306 g/mol. The summed E-state index contributed by atoms with van der Waals surface area (Å²) in [7, 11) is 0. The minimum Gasteiger partial charge on any atom is -0.350 e. The van der Waals surface area contributed by atoms with Crippen LogP contribution in [0.1, 0.15) is 33.1 Å². The second kappa shape index (κ2) is 7.50. The summed E-state index contributed by atoms with van der Waals surface area (Å²) in [5.74, 6) is 0.904. The molecule has 0 spiro atoms. The van der Waals surface area contributed by atoms with Crippen LogP contribution in [0.2, 0.25) is 0 Å². The molecule has 0 fully saturated rings. The molecule has 1 N–H and O–H groups in total. The molecule has 5 heteroatoms. The summed E-state index contributed by atoms with van der Waals surface area (Å²) in [6, 6.07) is -0.0785. The smallest absolute Gasteiger partial charge is 0.224 e. The Morgan fingerprint density at radius 2 is 2.38 bits per heavy atom. The summed E-state index contributed by atoms with van der Waals surface area (Å²) in [6.07, 6.45) is 11.4. The summed E-state index contributed by atoms with van der Waals surface area (Å²) >= 11 is 1.68. The van der Waals surface area contributed by atoms with Crippen molar-refractivity contribution in [2.45, 2.75) is 44.5 Å². The molecule has 0 bridgehead atoms. The lowest BCUT2D eigenvalue weighted by Gasteiger charge is -2.34. The van der Waals surface area contributed by atoms with E-state index in [1.165, 1.54) is 5.57 Å². The van der Waals surface area contributed by atoms with E-state index in [0.717, 1.165) is 30.6 Å². The van der Waals surface area contributed by atoms with Gasteiger partial charge in [-0.3, -0.25) is 9.59 Å². The first-order valence-corrected chi connectivity index (χ1v) is 8.31. The Kier molecular flexibility index (Phi) is 5.67. The first-order chi connectivity index (χ1) is 10.1. The Morgan fingerprint density at radius 1 is 1.57 bits per heavy atom. The van der Waals surface area contributed by atoms with Gasteiger partial charge in [0.05, 0.1) is 12.5 Å². The molecule has 21 heavy (non-hydrogen) atoms. The monoisotopic (exact) mass is 306 g/mol. The Hall–Kier alpha value is -1.49. The van der Waals surface area contributed by atoms with E-state index in [1.807, 2.05) is 26.1 Å². The van der Waals surface area contributed by atoms with E-state index >= 15 is 0 Å². The molecule has 0 aromatic carbocycles. The van der Waals surface area contributed by atoms with Crippen LogP contribution < -0.4 is 5.32 Å². The standard InChI is InChI=1S/C16H22N2O2S/c1-12-9-18(11-19)16(21-10-12)13(2)17-15(20)8-14-6-4-3-5-7-14/h4,6-7,9,11,13,16H,3,5,8,10H2,1-2H3,(H,17,20)/t13-,16-/m1/s1. The normalized spacial score (nSPS) is 23.1. The van der Waals surface area contributed by atoms with Gasteiger partial charge in [0.25, 0.3) is 0 Å². The van der Waals surface area contributed by atoms with Gasteiger partial charge in [0, 0.05) is 12.0 Å². The Morgan fingerprint density at radius 3 is 3.05 bits per heavy atom. The highest BCUT2D eigenvalue weighted by Gasteiger charge is 2.27. The quantitative estimate of drug-likeness (QED) is 0.794. The molecule has 4 nitrogen and oxygen atoms in total. The van der Waals surface area contributed by atoms with Crippen LogP contribution in [-0.4, -0.2) is 34.4 Å². The van der Waals surface area contributed by atoms with Crippen molar-refractivity contribution >= 4 is 24.1 Å². The third kappa shape index (κ3) is 4.49. The fourth-order valence-corrected chi connectivity index (χ4v) is 3.67. The fraction of sp³-hybridized carbons (Fsp3) is 0.500. The van der Waals surface area contributed by atoms with Crippen molar-refractivity contribution in [3.8, 4) is 0 Å². The molecule has 1 aliphatic carbocycles. The van der Waals surface area contributed by atoms with Crippen molar-refractivity contribution in [1.29, 1.82) is 0 Å². The zero-order valence-electron chi connectivity index (χ0n) is 12.5. The molecule has 2 atom stereocenters. The highest BCUT2D eigenvalue weighted by molar-refractivity contribution is 8.00. The maximum atomic E-state index is 12.1. The fourth-order valence-electron chi connectivity index (χ4n) is 2.52. The van der Waals surface area contributed by atoms with Crippen molar-refractivity contribution in [3.05, 3.63) is 35.6 Å². The first kappa shape index (κ1) is 15.9. The number of carbonyl (C=O) groups is 2. The van der Waals surface area contributed by atoms with Gasteiger partial charge in [0.15, 0.2) is 0 Å². The largest absolute Gasteiger partial charge is 0.350 e. The topological polar surface area (TPSA) is 49.4 Å². The van der Waals surface area contributed by atoms with Gasteiger partial charge in [-0.2, -0.15) is 0 Å². The minimum atomic E-state index is -0.0785. The molecule has 114 valence electrons. The summed E-state index contributed by atoms with van der Waals surface area (Å²) in [4.78, 5) is 24.9. The second-order valence-corrected chi connectivity index (χ2v) is 6.63. The van der Waals surface area contributed by atoms with Gasteiger partial charge in [-0.15, -0.1) is 11.8 Å². The molecule has 0 aromatic rings. The van der Waals surface area contributed by atoms with E-state index < -0.39 is 0 Å². The van der Waals surface area contributed by atoms with Crippen LogP contribution in [0, 0.1) is 0 Å². The van der Waals surface area contributed by atoms with Crippen LogP contribution in [0.25, 0.3) is 0 Å². The number of hydrogen-bond donors (Lipinski definition) is 1.